The molecule has 2 N–H and O–H groups in total. The molecule has 0 bridgehead atoms. The molecule has 0 aliphatic heterocycles. The van der Waals surface area contributed by atoms with Gasteiger partial charge in [0, 0.05) is 16.8 Å². The van der Waals surface area contributed by atoms with Gasteiger partial charge in [-0.1, -0.05) is 19.3 Å². The molecule has 0 radical (unpaired) electrons. The number of unbranched alkanes of at least 4 members (excludes halogenated alkanes) is 1. The molecule has 2 saturated carbocycles. The quantitative estimate of drug-likeness (QED) is 0.631. The molecule has 2 aliphatic carbocycles. The summed E-state index contributed by atoms with van der Waals surface area (Å²) < 4.78 is 0. The fraction of sp³-hybridized carbons (Fsp3) is 1.00. The summed E-state index contributed by atoms with van der Waals surface area (Å²) in [5.41, 5.74) is -0.0286. The molecule has 0 heterocycles. The van der Waals surface area contributed by atoms with Crippen molar-refractivity contribution in [1.29, 1.82) is 0 Å². The van der Waals surface area contributed by atoms with Gasteiger partial charge in [-0.25, -0.2) is 0 Å². The Morgan fingerprint density at radius 3 is 2.50 bits per heavy atom. The van der Waals surface area contributed by atoms with Crippen LogP contribution in [0.5, 0.6) is 0 Å². The molecular formula is C15H29NOS. The van der Waals surface area contributed by atoms with Gasteiger partial charge in [-0.05, 0) is 51.2 Å². The highest BCUT2D eigenvalue weighted by molar-refractivity contribution is 7.99. The third-order valence-corrected chi connectivity index (χ3v) is 5.72. The molecule has 0 aromatic rings. The van der Waals surface area contributed by atoms with Crippen LogP contribution in [-0.4, -0.2) is 34.3 Å². The molecular weight excluding hydrogens is 242 g/mol. The number of aliphatic hydroxyl groups is 1. The monoisotopic (exact) mass is 271 g/mol. The number of thioether (sulfide) groups is 1. The maximum atomic E-state index is 9.52. The first-order valence-electron chi connectivity index (χ1n) is 7.72. The highest BCUT2D eigenvalue weighted by atomic mass is 32.2. The van der Waals surface area contributed by atoms with E-state index in [1.807, 2.05) is 0 Å². The number of rotatable bonds is 9. The summed E-state index contributed by atoms with van der Waals surface area (Å²) >= 11 is 2.19. The first kappa shape index (κ1) is 14.7. The molecule has 2 rings (SSSR count). The highest BCUT2D eigenvalue weighted by Gasteiger charge is 2.31. The van der Waals surface area contributed by atoms with E-state index in [1.54, 1.807) is 0 Å². The van der Waals surface area contributed by atoms with Crippen molar-refractivity contribution in [3.8, 4) is 0 Å². The van der Waals surface area contributed by atoms with Crippen molar-refractivity contribution < 1.29 is 5.11 Å². The Bertz CT molecular complexity index is 239. The van der Waals surface area contributed by atoms with Crippen molar-refractivity contribution in [2.75, 3.05) is 12.4 Å². The molecule has 2 fully saturated rings. The van der Waals surface area contributed by atoms with Gasteiger partial charge in [0.25, 0.3) is 0 Å². The summed E-state index contributed by atoms with van der Waals surface area (Å²) in [4.78, 5) is 0. The van der Waals surface area contributed by atoms with Crippen LogP contribution in [0, 0.1) is 0 Å². The number of aliphatic hydroxyl groups excluding tert-OH is 1. The van der Waals surface area contributed by atoms with Crippen LogP contribution in [0.15, 0.2) is 0 Å². The Hall–Kier alpha value is 0.270. The Labute approximate surface area is 116 Å². The first-order valence-corrected chi connectivity index (χ1v) is 8.77. The van der Waals surface area contributed by atoms with Gasteiger partial charge in [-0.2, -0.15) is 11.8 Å². The van der Waals surface area contributed by atoms with Crippen LogP contribution in [-0.2, 0) is 0 Å². The van der Waals surface area contributed by atoms with Crippen LogP contribution in [0.2, 0.25) is 0 Å². The standard InChI is InChI=1S/C15H29NOS/c1-15(12-17,16-13-8-9-13)10-4-5-11-18-14-6-2-3-7-14/h13-14,16-17H,2-12H2,1H3. The normalized spacial score (nSPS) is 24.3. The second-order valence-electron chi connectivity index (χ2n) is 6.37. The summed E-state index contributed by atoms with van der Waals surface area (Å²) in [7, 11) is 0. The molecule has 1 unspecified atom stereocenters. The van der Waals surface area contributed by atoms with E-state index >= 15 is 0 Å². The zero-order chi connectivity index (χ0) is 12.8. The van der Waals surface area contributed by atoms with Crippen molar-refractivity contribution in [2.24, 2.45) is 0 Å². The van der Waals surface area contributed by atoms with E-state index in [4.69, 9.17) is 0 Å². The minimum absolute atomic E-state index is 0.0286. The lowest BCUT2D eigenvalue weighted by molar-refractivity contribution is 0.161. The van der Waals surface area contributed by atoms with E-state index in [0.29, 0.717) is 6.04 Å². The molecule has 106 valence electrons. The molecule has 3 heteroatoms. The van der Waals surface area contributed by atoms with Crippen molar-refractivity contribution in [1.82, 2.24) is 5.32 Å². The summed E-state index contributed by atoms with van der Waals surface area (Å²) in [6, 6.07) is 0.690. The van der Waals surface area contributed by atoms with Crippen molar-refractivity contribution in [3.63, 3.8) is 0 Å². The topological polar surface area (TPSA) is 32.3 Å². The molecule has 2 aliphatic rings. The summed E-state index contributed by atoms with van der Waals surface area (Å²) in [6.07, 6.45) is 12.1. The van der Waals surface area contributed by atoms with Gasteiger partial charge < -0.3 is 10.4 Å². The average molecular weight is 271 g/mol. The van der Waals surface area contributed by atoms with Gasteiger partial charge in [0.1, 0.15) is 0 Å². The lowest BCUT2D eigenvalue weighted by atomic mass is 9.96. The van der Waals surface area contributed by atoms with Crippen LogP contribution in [0.25, 0.3) is 0 Å². The third kappa shape index (κ3) is 5.10. The maximum Gasteiger partial charge on any atom is 0.0610 e. The van der Waals surface area contributed by atoms with Crippen molar-refractivity contribution in [3.05, 3.63) is 0 Å². The van der Waals surface area contributed by atoms with Crippen molar-refractivity contribution >= 4 is 11.8 Å². The number of hydrogen-bond acceptors (Lipinski definition) is 3. The average Bonchev–Trinajstić information content (AvgIpc) is 3.01. The lowest BCUT2D eigenvalue weighted by Crippen LogP contribution is -2.46. The van der Waals surface area contributed by atoms with Gasteiger partial charge in [0.15, 0.2) is 0 Å². The van der Waals surface area contributed by atoms with Crippen LogP contribution >= 0.6 is 11.8 Å². The minimum Gasteiger partial charge on any atom is -0.394 e. The Balaban J connectivity index is 1.52. The van der Waals surface area contributed by atoms with Gasteiger partial charge >= 0.3 is 0 Å². The summed E-state index contributed by atoms with van der Waals surface area (Å²) in [5, 5.41) is 14.1. The largest absolute Gasteiger partial charge is 0.394 e. The Morgan fingerprint density at radius 1 is 1.17 bits per heavy atom. The fourth-order valence-corrected chi connectivity index (χ4v) is 4.21. The lowest BCUT2D eigenvalue weighted by Gasteiger charge is -2.29. The third-order valence-electron chi connectivity index (χ3n) is 4.26. The second kappa shape index (κ2) is 7.16. The molecule has 18 heavy (non-hydrogen) atoms. The van der Waals surface area contributed by atoms with E-state index in [1.165, 1.54) is 57.1 Å². The Kier molecular flexibility index (Phi) is 5.84. The fourth-order valence-electron chi connectivity index (χ4n) is 2.84. The smallest absolute Gasteiger partial charge is 0.0610 e. The molecule has 0 spiro atoms. The molecule has 0 aromatic heterocycles. The predicted molar refractivity (Wildman–Crippen MR) is 80.2 cm³/mol. The van der Waals surface area contributed by atoms with E-state index < -0.39 is 0 Å². The molecule has 1 atom stereocenters. The molecule has 0 amide bonds. The van der Waals surface area contributed by atoms with Crippen LogP contribution in [0.1, 0.15) is 64.7 Å². The molecule has 0 aromatic carbocycles. The van der Waals surface area contributed by atoms with E-state index in [9.17, 15) is 5.11 Å². The van der Waals surface area contributed by atoms with Gasteiger partial charge in [-0.15, -0.1) is 0 Å². The van der Waals surface area contributed by atoms with Gasteiger partial charge in [0.05, 0.1) is 6.61 Å². The molecule has 0 saturated heterocycles. The van der Waals surface area contributed by atoms with Crippen LogP contribution in [0.3, 0.4) is 0 Å². The predicted octanol–water partition coefficient (Wildman–Crippen LogP) is 3.34. The van der Waals surface area contributed by atoms with Crippen molar-refractivity contribution in [2.45, 2.75) is 81.5 Å². The maximum absolute atomic E-state index is 9.52. The van der Waals surface area contributed by atoms with Crippen LogP contribution < -0.4 is 5.32 Å². The van der Waals surface area contributed by atoms with Crippen LogP contribution in [0.4, 0.5) is 0 Å². The van der Waals surface area contributed by atoms with Gasteiger partial charge in [-0.3, -0.25) is 0 Å². The zero-order valence-corrected chi connectivity index (χ0v) is 12.6. The van der Waals surface area contributed by atoms with Gasteiger partial charge in [0.2, 0.25) is 0 Å². The number of nitrogens with one attached hydrogen (secondary N) is 1. The Morgan fingerprint density at radius 2 is 1.89 bits per heavy atom. The minimum atomic E-state index is -0.0286. The highest BCUT2D eigenvalue weighted by Crippen LogP contribution is 2.30. The van der Waals surface area contributed by atoms with E-state index in [2.05, 4.69) is 24.0 Å². The molecule has 2 nitrogen and oxygen atoms in total. The summed E-state index contributed by atoms with van der Waals surface area (Å²) in [5.74, 6) is 1.32. The van der Waals surface area contributed by atoms with E-state index in [-0.39, 0.29) is 12.1 Å². The second-order valence-corrected chi connectivity index (χ2v) is 7.78. The first-order chi connectivity index (χ1) is 8.72. The SMILES string of the molecule is CC(CO)(CCCCSC1CCCC1)NC1CC1. The zero-order valence-electron chi connectivity index (χ0n) is 11.8. The number of hydrogen-bond donors (Lipinski definition) is 2. The van der Waals surface area contributed by atoms with E-state index in [0.717, 1.165) is 11.7 Å². The summed E-state index contributed by atoms with van der Waals surface area (Å²) in [6.45, 7) is 2.45.